The molecule has 5 heteroatoms. The van der Waals surface area contributed by atoms with Crippen molar-refractivity contribution in [2.75, 3.05) is 13.1 Å². The molecule has 0 unspecified atom stereocenters. The lowest BCUT2D eigenvalue weighted by Crippen LogP contribution is -2.35. The summed E-state index contributed by atoms with van der Waals surface area (Å²) >= 11 is 0. The second-order valence-electron chi connectivity index (χ2n) is 7.60. The minimum Gasteiger partial charge on any atom is -0.491 e. The van der Waals surface area contributed by atoms with E-state index in [1.54, 1.807) is 0 Å². The summed E-state index contributed by atoms with van der Waals surface area (Å²) in [4.78, 5) is 14.7. The van der Waals surface area contributed by atoms with E-state index in [1.165, 1.54) is 37.1 Å². The van der Waals surface area contributed by atoms with Crippen molar-refractivity contribution in [2.45, 2.75) is 52.4 Å². The van der Waals surface area contributed by atoms with E-state index >= 15 is 0 Å². The van der Waals surface area contributed by atoms with Gasteiger partial charge in [0.2, 0.25) is 0 Å². The van der Waals surface area contributed by atoms with Crippen molar-refractivity contribution in [1.82, 2.24) is 15.5 Å². The van der Waals surface area contributed by atoms with Crippen LogP contribution in [0.2, 0.25) is 0 Å². The Bertz CT molecular complexity index is 770. The van der Waals surface area contributed by atoms with Crippen LogP contribution in [-0.4, -0.2) is 30.1 Å². The molecule has 1 fully saturated rings. The molecule has 1 aliphatic rings. The smallest absolute Gasteiger partial charge is 0.315 e. The Morgan fingerprint density at radius 2 is 1.71 bits per heavy atom. The molecule has 2 aromatic carbocycles. The Hall–Kier alpha value is -2.53. The van der Waals surface area contributed by atoms with Crippen LogP contribution in [0.5, 0.6) is 5.75 Å². The second-order valence-corrected chi connectivity index (χ2v) is 7.60. The van der Waals surface area contributed by atoms with E-state index in [2.05, 4.69) is 33.7 Å². The Labute approximate surface area is 168 Å². The first-order valence-corrected chi connectivity index (χ1v) is 10.2. The highest BCUT2D eigenvalue weighted by molar-refractivity contribution is 5.73. The van der Waals surface area contributed by atoms with Crippen molar-refractivity contribution >= 4 is 6.03 Å². The van der Waals surface area contributed by atoms with Crippen LogP contribution in [-0.2, 0) is 19.6 Å². The van der Waals surface area contributed by atoms with Gasteiger partial charge in [-0.3, -0.25) is 4.90 Å². The number of carbonyl (C=O) groups is 1. The van der Waals surface area contributed by atoms with E-state index in [-0.39, 0.29) is 12.1 Å². The summed E-state index contributed by atoms with van der Waals surface area (Å²) in [6.07, 6.45) is 2.70. The number of hydrogen-bond donors (Lipinski definition) is 2. The van der Waals surface area contributed by atoms with Crippen LogP contribution >= 0.6 is 0 Å². The highest BCUT2D eigenvalue weighted by Gasteiger charge is 2.13. The van der Waals surface area contributed by atoms with Crippen LogP contribution in [0.15, 0.2) is 48.5 Å². The number of ether oxygens (including phenoxy) is 1. The zero-order valence-corrected chi connectivity index (χ0v) is 16.9. The highest BCUT2D eigenvalue weighted by atomic mass is 16.5. The molecular weight excluding hydrogens is 350 g/mol. The quantitative estimate of drug-likeness (QED) is 0.725. The van der Waals surface area contributed by atoms with Crippen molar-refractivity contribution in [3.63, 3.8) is 0 Å². The van der Waals surface area contributed by atoms with Crippen LogP contribution in [0.1, 0.15) is 43.4 Å². The van der Waals surface area contributed by atoms with Crippen LogP contribution in [0.4, 0.5) is 4.79 Å². The number of nitrogens with one attached hydrogen (secondary N) is 2. The number of amides is 2. The van der Waals surface area contributed by atoms with E-state index in [1.807, 2.05) is 44.2 Å². The maximum atomic E-state index is 12.2. The van der Waals surface area contributed by atoms with Gasteiger partial charge in [0.05, 0.1) is 6.10 Å². The third-order valence-corrected chi connectivity index (χ3v) is 4.87. The van der Waals surface area contributed by atoms with Crippen LogP contribution in [0, 0.1) is 0 Å². The van der Waals surface area contributed by atoms with E-state index < -0.39 is 0 Å². The van der Waals surface area contributed by atoms with E-state index in [4.69, 9.17) is 4.74 Å². The van der Waals surface area contributed by atoms with Crippen molar-refractivity contribution in [3.05, 3.63) is 65.2 Å². The maximum absolute atomic E-state index is 12.2. The highest BCUT2D eigenvalue weighted by Crippen LogP contribution is 2.16. The molecule has 28 heavy (non-hydrogen) atoms. The van der Waals surface area contributed by atoms with Gasteiger partial charge in [-0.2, -0.15) is 0 Å². The Kier molecular flexibility index (Phi) is 7.31. The van der Waals surface area contributed by atoms with Gasteiger partial charge in [0.15, 0.2) is 0 Å². The molecular formula is C23H31N3O2. The van der Waals surface area contributed by atoms with Crippen molar-refractivity contribution in [2.24, 2.45) is 0 Å². The summed E-state index contributed by atoms with van der Waals surface area (Å²) in [5.41, 5.74) is 3.49. The summed E-state index contributed by atoms with van der Waals surface area (Å²) in [5, 5.41) is 5.91. The Morgan fingerprint density at radius 3 is 2.46 bits per heavy atom. The number of urea groups is 1. The first kappa shape index (κ1) is 20.2. The second kappa shape index (κ2) is 10.1. The summed E-state index contributed by atoms with van der Waals surface area (Å²) < 4.78 is 5.70. The van der Waals surface area contributed by atoms with Gasteiger partial charge in [0, 0.05) is 19.6 Å². The zero-order chi connectivity index (χ0) is 19.8. The Morgan fingerprint density at radius 1 is 1.00 bits per heavy atom. The number of benzene rings is 2. The lowest BCUT2D eigenvalue weighted by atomic mass is 10.1. The largest absolute Gasteiger partial charge is 0.491 e. The molecule has 150 valence electrons. The molecule has 0 radical (unpaired) electrons. The van der Waals surface area contributed by atoms with E-state index in [0.29, 0.717) is 13.1 Å². The molecule has 1 aliphatic heterocycles. The summed E-state index contributed by atoms with van der Waals surface area (Å²) in [5.74, 6) is 0.825. The predicted molar refractivity (Wildman–Crippen MR) is 112 cm³/mol. The van der Waals surface area contributed by atoms with Crippen molar-refractivity contribution in [1.29, 1.82) is 0 Å². The fraction of sp³-hybridized carbons (Fsp3) is 0.435. The van der Waals surface area contributed by atoms with Gasteiger partial charge in [-0.05, 0) is 68.6 Å². The van der Waals surface area contributed by atoms with Crippen molar-refractivity contribution < 1.29 is 9.53 Å². The molecule has 1 saturated heterocycles. The van der Waals surface area contributed by atoms with Gasteiger partial charge >= 0.3 is 6.03 Å². The number of nitrogens with zero attached hydrogens (tertiary/aromatic N) is 1. The first-order chi connectivity index (χ1) is 13.6. The van der Waals surface area contributed by atoms with E-state index in [0.717, 1.165) is 17.9 Å². The minimum absolute atomic E-state index is 0.132. The number of rotatable bonds is 8. The van der Waals surface area contributed by atoms with Crippen molar-refractivity contribution in [3.8, 4) is 5.75 Å². The predicted octanol–water partition coefficient (Wildman–Crippen LogP) is 4.07. The lowest BCUT2D eigenvalue weighted by molar-refractivity contribution is 0.239. The van der Waals surface area contributed by atoms with Gasteiger partial charge in [0.25, 0.3) is 0 Å². The third-order valence-electron chi connectivity index (χ3n) is 4.87. The summed E-state index contributed by atoms with van der Waals surface area (Å²) in [6.45, 7) is 8.30. The molecule has 0 aromatic heterocycles. The van der Waals surface area contributed by atoms with Crippen LogP contribution in [0.25, 0.3) is 0 Å². The molecule has 0 aliphatic carbocycles. The Balaban J connectivity index is 1.48. The fourth-order valence-corrected chi connectivity index (χ4v) is 3.49. The van der Waals surface area contributed by atoms with Gasteiger partial charge in [-0.25, -0.2) is 4.79 Å². The molecule has 2 amide bonds. The summed E-state index contributed by atoms with van der Waals surface area (Å²) in [6, 6.07) is 16.0. The van der Waals surface area contributed by atoms with Gasteiger partial charge < -0.3 is 15.4 Å². The molecule has 2 N–H and O–H groups in total. The molecule has 0 saturated carbocycles. The number of hydrogen-bond acceptors (Lipinski definition) is 3. The first-order valence-electron chi connectivity index (χ1n) is 10.2. The van der Waals surface area contributed by atoms with E-state index in [9.17, 15) is 4.79 Å². The fourth-order valence-electron chi connectivity index (χ4n) is 3.49. The number of carbonyl (C=O) groups excluding carboxylic acids is 1. The van der Waals surface area contributed by atoms with Gasteiger partial charge in [0.1, 0.15) is 5.75 Å². The SMILES string of the molecule is CC(C)Oc1cccc(CNC(=O)NCc2ccccc2CN2CCCC2)c1. The standard InChI is InChI=1S/C23H31N3O2/c1-18(2)28-22-11-7-8-19(14-22)15-24-23(27)25-16-20-9-3-4-10-21(20)17-26-12-5-6-13-26/h3-4,7-11,14,18H,5-6,12-13,15-17H2,1-2H3,(H2,24,25,27). The molecule has 0 atom stereocenters. The number of likely N-dealkylation sites (tertiary alicyclic amines) is 1. The molecule has 3 rings (SSSR count). The molecule has 0 spiro atoms. The van der Waals surface area contributed by atoms with Gasteiger partial charge in [-0.15, -0.1) is 0 Å². The topological polar surface area (TPSA) is 53.6 Å². The maximum Gasteiger partial charge on any atom is 0.315 e. The van der Waals surface area contributed by atoms with Gasteiger partial charge in [-0.1, -0.05) is 36.4 Å². The molecule has 5 nitrogen and oxygen atoms in total. The average Bonchev–Trinajstić information content (AvgIpc) is 3.18. The lowest BCUT2D eigenvalue weighted by Gasteiger charge is -2.18. The zero-order valence-electron chi connectivity index (χ0n) is 16.9. The summed E-state index contributed by atoms with van der Waals surface area (Å²) in [7, 11) is 0. The molecule has 0 bridgehead atoms. The molecule has 1 heterocycles. The minimum atomic E-state index is -0.161. The van der Waals surface area contributed by atoms with Crippen LogP contribution < -0.4 is 15.4 Å². The average molecular weight is 382 g/mol. The normalized spacial score (nSPS) is 14.2. The monoisotopic (exact) mass is 381 g/mol. The van der Waals surface area contributed by atoms with Crippen LogP contribution in [0.3, 0.4) is 0 Å². The molecule has 2 aromatic rings. The third kappa shape index (κ3) is 6.27.